The van der Waals surface area contributed by atoms with Gasteiger partial charge in [0, 0.05) is 23.6 Å². The predicted molar refractivity (Wildman–Crippen MR) is 84.0 cm³/mol. The van der Waals surface area contributed by atoms with E-state index >= 15 is 0 Å². The molecule has 1 N–H and O–H groups in total. The molecule has 0 saturated carbocycles. The lowest BCUT2D eigenvalue weighted by Gasteiger charge is -2.30. The Morgan fingerprint density at radius 1 is 1.29 bits per heavy atom. The van der Waals surface area contributed by atoms with Crippen LogP contribution in [0.5, 0.6) is 0 Å². The van der Waals surface area contributed by atoms with Crippen molar-refractivity contribution in [1.82, 2.24) is 10.2 Å². The first-order valence-electron chi connectivity index (χ1n) is 6.93. The standard InChI is InChI=1S/C15H18Cl2N2O2/c1-18-15(21)10-4-6-19(7-5-10)9-14(20)12-3-2-11(16)8-13(12)17/h2-3,8,10H,4-7,9H2,1H3,(H,18,21). The number of likely N-dealkylation sites (tertiary alicyclic amines) is 1. The third-order valence-electron chi connectivity index (χ3n) is 3.80. The van der Waals surface area contributed by atoms with Crippen molar-refractivity contribution >= 4 is 34.9 Å². The van der Waals surface area contributed by atoms with Gasteiger partial charge in [-0.05, 0) is 44.1 Å². The van der Waals surface area contributed by atoms with E-state index in [2.05, 4.69) is 10.2 Å². The van der Waals surface area contributed by atoms with Gasteiger partial charge in [-0.2, -0.15) is 0 Å². The molecule has 1 amide bonds. The van der Waals surface area contributed by atoms with Crippen LogP contribution in [0.25, 0.3) is 0 Å². The topological polar surface area (TPSA) is 49.4 Å². The summed E-state index contributed by atoms with van der Waals surface area (Å²) in [5.41, 5.74) is 0.495. The fourth-order valence-corrected chi connectivity index (χ4v) is 3.08. The zero-order valence-corrected chi connectivity index (χ0v) is 13.4. The van der Waals surface area contributed by atoms with Crippen molar-refractivity contribution in [1.29, 1.82) is 0 Å². The van der Waals surface area contributed by atoms with Gasteiger partial charge in [-0.3, -0.25) is 14.5 Å². The van der Waals surface area contributed by atoms with Crippen molar-refractivity contribution in [2.75, 3.05) is 26.7 Å². The molecule has 1 aliphatic heterocycles. The Labute approximate surface area is 134 Å². The maximum absolute atomic E-state index is 12.3. The number of carbonyl (C=O) groups excluding carboxylic acids is 2. The van der Waals surface area contributed by atoms with Crippen LogP contribution in [0, 0.1) is 5.92 Å². The molecule has 21 heavy (non-hydrogen) atoms. The van der Waals surface area contributed by atoms with E-state index in [-0.39, 0.29) is 17.6 Å². The summed E-state index contributed by atoms with van der Waals surface area (Å²) in [5, 5.41) is 3.57. The van der Waals surface area contributed by atoms with Gasteiger partial charge < -0.3 is 5.32 Å². The number of halogens is 2. The normalized spacial score (nSPS) is 16.7. The Morgan fingerprint density at radius 2 is 1.95 bits per heavy atom. The summed E-state index contributed by atoms with van der Waals surface area (Å²) >= 11 is 11.9. The van der Waals surface area contributed by atoms with Gasteiger partial charge in [-0.1, -0.05) is 23.2 Å². The van der Waals surface area contributed by atoms with E-state index in [4.69, 9.17) is 23.2 Å². The number of carbonyl (C=O) groups is 2. The molecular weight excluding hydrogens is 311 g/mol. The number of rotatable bonds is 4. The van der Waals surface area contributed by atoms with Crippen LogP contribution in [-0.2, 0) is 4.79 Å². The number of amides is 1. The van der Waals surface area contributed by atoms with E-state index in [9.17, 15) is 9.59 Å². The molecule has 1 saturated heterocycles. The van der Waals surface area contributed by atoms with Crippen LogP contribution in [-0.4, -0.2) is 43.3 Å². The van der Waals surface area contributed by atoms with Gasteiger partial charge in [-0.25, -0.2) is 0 Å². The van der Waals surface area contributed by atoms with Crippen LogP contribution in [0.15, 0.2) is 18.2 Å². The summed E-state index contributed by atoms with van der Waals surface area (Å²) in [6.45, 7) is 1.81. The van der Waals surface area contributed by atoms with E-state index in [1.807, 2.05) is 0 Å². The summed E-state index contributed by atoms with van der Waals surface area (Å²) < 4.78 is 0. The molecule has 0 spiro atoms. The monoisotopic (exact) mass is 328 g/mol. The van der Waals surface area contributed by atoms with E-state index in [0.717, 1.165) is 25.9 Å². The average Bonchev–Trinajstić information content (AvgIpc) is 2.47. The van der Waals surface area contributed by atoms with Crippen LogP contribution in [0.4, 0.5) is 0 Å². The van der Waals surface area contributed by atoms with E-state index in [1.165, 1.54) is 0 Å². The molecule has 0 bridgehead atoms. The molecule has 0 aliphatic carbocycles. The first-order valence-corrected chi connectivity index (χ1v) is 7.69. The summed E-state index contributed by atoms with van der Waals surface area (Å²) in [6.07, 6.45) is 1.56. The number of hydrogen-bond acceptors (Lipinski definition) is 3. The zero-order chi connectivity index (χ0) is 15.4. The van der Waals surface area contributed by atoms with Crippen molar-refractivity contribution in [3.8, 4) is 0 Å². The molecule has 4 nitrogen and oxygen atoms in total. The van der Waals surface area contributed by atoms with Gasteiger partial charge in [0.25, 0.3) is 0 Å². The number of hydrogen-bond donors (Lipinski definition) is 1. The van der Waals surface area contributed by atoms with Crippen molar-refractivity contribution in [3.05, 3.63) is 33.8 Å². The molecule has 0 unspecified atom stereocenters. The van der Waals surface area contributed by atoms with Crippen LogP contribution in [0.3, 0.4) is 0 Å². The van der Waals surface area contributed by atoms with Crippen molar-refractivity contribution in [2.45, 2.75) is 12.8 Å². The van der Waals surface area contributed by atoms with E-state index in [0.29, 0.717) is 22.2 Å². The molecule has 0 radical (unpaired) electrons. The second-order valence-corrected chi connectivity index (χ2v) is 6.06. The third kappa shape index (κ3) is 4.19. The van der Waals surface area contributed by atoms with Gasteiger partial charge in [-0.15, -0.1) is 0 Å². The molecule has 1 aliphatic rings. The van der Waals surface area contributed by atoms with Crippen molar-refractivity contribution in [3.63, 3.8) is 0 Å². The number of ketones is 1. The Hall–Kier alpha value is -1.10. The number of nitrogens with one attached hydrogen (secondary N) is 1. The lowest BCUT2D eigenvalue weighted by Crippen LogP contribution is -2.41. The first kappa shape index (κ1) is 16.3. The Morgan fingerprint density at radius 3 is 2.52 bits per heavy atom. The molecule has 1 aromatic carbocycles. The molecule has 1 fully saturated rings. The average molecular weight is 329 g/mol. The highest BCUT2D eigenvalue weighted by Crippen LogP contribution is 2.23. The zero-order valence-electron chi connectivity index (χ0n) is 11.9. The highest BCUT2D eigenvalue weighted by molar-refractivity contribution is 6.36. The molecule has 6 heteroatoms. The molecule has 0 atom stereocenters. The Balaban J connectivity index is 1.91. The van der Waals surface area contributed by atoms with Crippen LogP contribution >= 0.6 is 23.2 Å². The maximum Gasteiger partial charge on any atom is 0.222 e. The number of Topliss-reactive ketones (excluding diaryl/α,β-unsaturated/α-hetero) is 1. The number of piperidine rings is 1. The van der Waals surface area contributed by atoms with Crippen LogP contribution in [0.1, 0.15) is 23.2 Å². The second kappa shape index (κ2) is 7.25. The Bertz CT molecular complexity index is 540. The Kier molecular flexibility index (Phi) is 5.62. The highest BCUT2D eigenvalue weighted by atomic mass is 35.5. The highest BCUT2D eigenvalue weighted by Gasteiger charge is 2.25. The van der Waals surface area contributed by atoms with Crippen molar-refractivity contribution < 1.29 is 9.59 Å². The number of nitrogens with zero attached hydrogens (tertiary/aromatic N) is 1. The van der Waals surface area contributed by atoms with Crippen molar-refractivity contribution in [2.24, 2.45) is 5.92 Å². The summed E-state index contributed by atoms with van der Waals surface area (Å²) in [6, 6.07) is 4.90. The third-order valence-corrected chi connectivity index (χ3v) is 4.35. The fraction of sp³-hybridized carbons (Fsp3) is 0.467. The first-order chi connectivity index (χ1) is 10.0. The number of benzene rings is 1. The van der Waals surface area contributed by atoms with Gasteiger partial charge in [0.2, 0.25) is 5.91 Å². The lowest BCUT2D eigenvalue weighted by molar-refractivity contribution is -0.125. The fourth-order valence-electron chi connectivity index (χ4n) is 2.56. The predicted octanol–water partition coefficient (Wildman–Crippen LogP) is 2.63. The second-order valence-electron chi connectivity index (χ2n) is 5.21. The molecule has 1 heterocycles. The van der Waals surface area contributed by atoms with Gasteiger partial charge in [0.05, 0.1) is 11.6 Å². The molecular formula is C15H18Cl2N2O2. The lowest BCUT2D eigenvalue weighted by atomic mass is 9.95. The van der Waals surface area contributed by atoms with E-state index in [1.54, 1.807) is 25.2 Å². The minimum Gasteiger partial charge on any atom is -0.359 e. The minimum atomic E-state index is -0.0185. The van der Waals surface area contributed by atoms with Gasteiger partial charge in [0.15, 0.2) is 5.78 Å². The van der Waals surface area contributed by atoms with E-state index < -0.39 is 0 Å². The molecule has 0 aromatic heterocycles. The van der Waals surface area contributed by atoms with Gasteiger partial charge in [0.1, 0.15) is 0 Å². The molecule has 2 rings (SSSR count). The molecule has 114 valence electrons. The smallest absolute Gasteiger partial charge is 0.222 e. The van der Waals surface area contributed by atoms with Crippen LogP contribution in [0.2, 0.25) is 10.0 Å². The SMILES string of the molecule is CNC(=O)C1CCN(CC(=O)c2ccc(Cl)cc2Cl)CC1. The quantitative estimate of drug-likeness (QED) is 0.864. The van der Waals surface area contributed by atoms with Gasteiger partial charge >= 0.3 is 0 Å². The minimum absolute atomic E-state index is 0.0185. The summed E-state index contributed by atoms with van der Waals surface area (Å²) in [7, 11) is 1.65. The van der Waals surface area contributed by atoms with Crippen LogP contribution < -0.4 is 5.32 Å². The summed E-state index contributed by atoms with van der Waals surface area (Å²) in [4.78, 5) is 25.9. The maximum atomic E-state index is 12.3. The molecule has 1 aromatic rings. The largest absolute Gasteiger partial charge is 0.359 e. The summed E-state index contributed by atoms with van der Waals surface area (Å²) in [5.74, 6) is 0.122.